The molecule has 1 heterocycles. The zero-order valence-electron chi connectivity index (χ0n) is 13.2. The van der Waals surface area contributed by atoms with Gasteiger partial charge in [-0.15, -0.1) is 0 Å². The maximum absolute atomic E-state index is 12.8. The zero-order chi connectivity index (χ0) is 18.0. The van der Waals surface area contributed by atoms with Crippen molar-refractivity contribution in [3.63, 3.8) is 0 Å². The summed E-state index contributed by atoms with van der Waals surface area (Å²) in [6.07, 6.45) is 0.814. The van der Waals surface area contributed by atoms with E-state index in [1.54, 1.807) is 0 Å². The number of carboxylic acid groups (broad SMARTS) is 1. The van der Waals surface area contributed by atoms with Crippen LogP contribution in [0.4, 0.5) is 4.39 Å². The van der Waals surface area contributed by atoms with Crippen molar-refractivity contribution in [2.75, 3.05) is 13.1 Å². The van der Waals surface area contributed by atoms with Crippen LogP contribution in [0.25, 0.3) is 0 Å². The second kappa shape index (κ2) is 6.86. The molecule has 0 aliphatic carbocycles. The number of aliphatic carboxylic acids is 1. The number of sulfonamides is 1. The summed E-state index contributed by atoms with van der Waals surface area (Å²) in [5.74, 6) is -2.04. The van der Waals surface area contributed by atoms with Crippen LogP contribution >= 0.6 is 0 Å². The van der Waals surface area contributed by atoms with E-state index in [1.807, 2.05) is 0 Å². The molecule has 2 N–H and O–H groups in total. The first-order valence-corrected chi connectivity index (χ1v) is 8.94. The van der Waals surface area contributed by atoms with E-state index in [1.165, 1.54) is 11.8 Å². The standard InChI is InChI=1S/C15H19FN2O5S/c1-15(14(20)21)8-2-10-18(15)13(19)7-9-17-24(22,23)12-5-3-11(16)4-6-12/h3-6,17H,2,7-10H2,1H3,(H,20,21). The van der Waals surface area contributed by atoms with E-state index in [4.69, 9.17) is 0 Å². The van der Waals surface area contributed by atoms with Crippen molar-refractivity contribution in [3.8, 4) is 0 Å². The Morgan fingerprint density at radius 1 is 1.33 bits per heavy atom. The Hall–Kier alpha value is -2.00. The Balaban J connectivity index is 1.95. The minimum atomic E-state index is -3.85. The summed E-state index contributed by atoms with van der Waals surface area (Å²) in [5, 5.41) is 9.28. The highest BCUT2D eigenvalue weighted by atomic mass is 32.2. The van der Waals surface area contributed by atoms with E-state index in [0.717, 1.165) is 24.3 Å². The van der Waals surface area contributed by atoms with Crippen molar-refractivity contribution < 1.29 is 27.5 Å². The number of rotatable bonds is 6. The third kappa shape index (κ3) is 3.73. The third-order valence-electron chi connectivity index (χ3n) is 4.16. The maximum Gasteiger partial charge on any atom is 0.329 e. The van der Waals surface area contributed by atoms with Crippen LogP contribution in [0.5, 0.6) is 0 Å². The fraction of sp³-hybridized carbons (Fsp3) is 0.467. The van der Waals surface area contributed by atoms with Crippen molar-refractivity contribution in [2.45, 2.75) is 36.6 Å². The Labute approximate surface area is 139 Å². The van der Waals surface area contributed by atoms with Gasteiger partial charge in [-0.1, -0.05) is 0 Å². The van der Waals surface area contributed by atoms with Gasteiger partial charge in [0, 0.05) is 19.5 Å². The molecule has 132 valence electrons. The lowest BCUT2D eigenvalue weighted by Gasteiger charge is -2.31. The molecule has 1 aliphatic rings. The molecule has 0 spiro atoms. The molecule has 1 aromatic rings. The molecule has 24 heavy (non-hydrogen) atoms. The van der Waals surface area contributed by atoms with Crippen LogP contribution in [-0.4, -0.2) is 48.9 Å². The van der Waals surface area contributed by atoms with Crippen LogP contribution in [-0.2, 0) is 19.6 Å². The van der Waals surface area contributed by atoms with Crippen LogP contribution in [0.3, 0.4) is 0 Å². The van der Waals surface area contributed by atoms with Crippen LogP contribution in [0.15, 0.2) is 29.2 Å². The number of halogens is 1. The number of nitrogens with zero attached hydrogens (tertiary/aromatic N) is 1. The van der Waals surface area contributed by atoms with Gasteiger partial charge in [-0.3, -0.25) is 4.79 Å². The van der Waals surface area contributed by atoms with Crippen LogP contribution in [0.1, 0.15) is 26.2 Å². The Morgan fingerprint density at radius 3 is 2.54 bits per heavy atom. The average molecular weight is 358 g/mol. The zero-order valence-corrected chi connectivity index (χ0v) is 14.0. The lowest BCUT2D eigenvalue weighted by atomic mass is 9.99. The number of amides is 1. The van der Waals surface area contributed by atoms with Gasteiger partial charge in [0.15, 0.2) is 0 Å². The number of carbonyl (C=O) groups excluding carboxylic acids is 1. The van der Waals surface area contributed by atoms with Gasteiger partial charge in [-0.25, -0.2) is 22.3 Å². The molecule has 0 saturated carbocycles. The molecular formula is C15H19FN2O5S. The largest absolute Gasteiger partial charge is 0.480 e. The number of likely N-dealkylation sites (tertiary alicyclic amines) is 1. The van der Waals surface area contributed by atoms with Crippen molar-refractivity contribution in [1.29, 1.82) is 0 Å². The lowest BCUT2D eigenvalue weighted by molar-refractivity contribution is -0.155. The molecule has 1 saturated heterocycles. The van der Waals surface area contributed by atoms with Gasteiger partial charge in [0.25, 0.3) is 0 Å². The van der Waals surface area contributed by atoms with E-state index in [9.17, 15) is 27.5 Å². The average Bonchev–Trinajstić information content (AvgIpc) is 2.91. The van der Waals surface area contributed by atoms with Crippen LogP contribution in [0.2, 0.25) is 0 Å². The van der Waals surface area contributed by atoms with Gasteiger partial charge >= 0.3 is 5.97 Å². The highest BCUT2D eigenvalue weighted by Gasteiger charge is 2.45. The molecule has 1 aromatic carbocycles. The number of carbonyl (C=O) groups is 2. The first-order valence-electron chi connectivity index (χ1n) is 7.46. The summed E-state index contributed by atoms with van der Waals surface area (Å²) in [5.41, 5.74) is -1.24. The predicted molar refractivity (Wildman–Crippen MR) is 83.2 cm³/mol. The van der Waals surface area contributed by atoms with E-state index >= 15 is 0 Å². The summed E-state index contributed by atoms with van der Waals surface area (Å²) < 4.78 is 39.1. The molecule has 0 radical (unpaired) electrons. The van der Waals surface area contributed by atoms with Gasteiger partial charge in [0.2, 0.25) is 15.9 Å². The predicted octanol–water partition coefficient (Wildman–Crippen LogP) is 0.960. The highest BCUT2D eigenvalue weighted by Crippen LogP contribution is 2.29. The van der Waals surface area contributed by atoms with E-state index < -0.39 is 33.3 Å². The van der Waals surface area contributed by atoms with Gasteiger partial charge in [0.05, 0.1) is 4.90 Å². The van der Waals surface area contributed by atoms with Gasteiger partial charge in [-0.05, 0) is 44.0 Å². The number of carboxylic acids is 1. The topological polar surface area (TPSA) is 104 Å². The summed E-state index contributed by atoms with van der Waals surface area (Å²) in [6.45, 7) is 1.67. The minimum Gasteiger partial charge on any atom is -0.480 e. The molecule has 0 bridgehead atoms. The van der Waals surface area contributed by atoms with Crippen molar-refractivity contribution in [3.05, 3.63) is 30.1 Å². The van der Waals surface area contributed by atoms with E-state index in [-0.39, 0.29) is 17.9 Å². The lowest BCUT2D eigenvalue weighted by Crippen LogP contribution is -2.51. The van der Waals surface area contributed by atoms with Crippen molar-refractivity contribution in [2.24, 2.45) is 0 Å². The molecule has 1 atom stereocenters. The van der Waals surface area contributed by atoms with E-state index in [2.05, 4.69) is 4.72 Å². The minimum absolute atomic E-state index is 0.104. The van der Waals surface area contributed by atoms with Gasteiger partial charge in [-0.2, -0.15) is 0 Å². The molecule has 1 amide bonds. The molecule has 9 heteroatoms. The van der Waals surface area contributed by atoms with Gasteiger partial charge in [0.1, 0.15) is 11.4 Å². The first-order chi connectivity index (χ1) is 11.2. The van der Waals surface area contributed by atoms with E-state index in [0.29, 0.717) is 19.4 Å². The fourth-order valence-electron chi connectivity index (χ4n) is 2.71. The SMILES string of the molecule is CC1(C(=O)O)CCCN1C(=O)CCNS(=O)(=O)c1ccc(F)cc1. The normalized spacial score (nSPS) is 21.0. The number of hydrogen-bond acceptors (Lipinski definition) is 4. The van der Waals surface area contributed by atoms with Crippen LogP contribution in [0, 0.1) is 5.82 Å². The smallest absolute Gasteiger partial charge is 0.329 e. The highest BCUT2D eigenvalue weighted by molar-refractivity contribution is 7.89. The molecule has 0 aromatic heterocycles. The van der Waals surface area contributed by atoms with Crippen LogP contribution < -0.4 is 4.72 Å². The quantitative estimate of drug-likeness (QED) is 0.788. The number of nitrogens with one attached hydrogen (secondary N) is 1. The second-order valence-corrected chi connectivity index (χ2v) is 7.60. The molecule has 1 unspecified atom stereocenters. The van der Waals surface area contributed by atoms with Crippen molar-refractivity contribution >= 4 is 21.9 Å². The molecule has 7 nitrogen and oxygen atoms in total. The molecule has 2 rings (SSSR count). The fourth-order valence-corrected chi connectivity index (χ4v) is 3.74. The molecular weight excluding hydrogens is 339 g/mol. The summed E-state index contributed by atoms with van der Waals surface area (Å²) in [6, 6.07) is 4.31. The monoisotopic (exact) mass is 358 g/mol. The third-order valence-corrected chi connectivity index (χ3v) is 5.63. The first kappa shape index (κ1) is 18.3. The van der Waals surface area contributed by atoms with Crippen molar-refractivity contribution in [1.82, 2.24) is 9.62 Å². The number of hydrogen-bond donors (Lipinski definition) is 2. The Morgan fingerprint density at radius 2 is 1.96 bits per heavy atom. The number of benzene rings is 1. The molecule has 1 fully saturated rings. The summed E-state index contributed by atoms with van der Waals surface area (Å²) in [4.78, 5) is 24.7. The maximum atomic E-state index is 12.8. The Kier molecular flexibility index (Phi) is 5.24. The summed E-state index contributed by atoms with van der Waals surface area (Å²) in [7, 11) is -3.85. The second-order valence-electron chi connectivity index (χ2n) is 5.83. The Bertz CT molecular complexity index is 735. The summed E-state index contributed by atoms with van der Waals surface area (Å²) >= 11 is 0. The van der Waals surface area contributed by atoms with Gasteiger partial charge < -0.3 is 10.0 Å². The molecule has 1 aliphatic heterocycles.